The van der Waals surface area contributed by atoms with Crippen molar-refractivity contribution < 1.29 is 36.4 Å². The third-order valence-corrected chi connectivity index (χ3v) is 4.32. The van der Waals surface area contributed by atoms with Crippen molar-refractivity contribution in [3.05, 3.63) is 115 Å². The van der Waals surface area contributed by atoms with Crippen LogP contribution in [0.5, 0.6) is 17.2 Å². The zero-order valence-corrected chi connectivity index (χ0v) is 19.8. The Morgan fingerprint density at radius 2 is 1.48 bits per heavy atom. The molecule has 0 bridgehead atoms. The predicted octanol–water partition coefficient (Wildman–Crippen LogP) is 6.37. The van der Waals surface area contributed by atoms with Crippen LogP contribution in [0, 0.1) is 0 Å². The van der Waals surface area contributed by atoms with Crippen molar-refractivity contribution in [2.45, 2.75) is 13.3 Å². The molecule has 3 aromatic carbocycles. The van der Waals surface area contributed by atoms with Crippen molar-refractivity contribution in [1.82, 2.24) is 4.98 Å². The van der Waals surface area contributed by atoms with Gasteiger partial charge in [0, 0.05) is 17.1 Å². The molecule has 0 saturated heterocycles. The second-order valence-electron chi connectivity index (χ2n) is 6.48. The number of hydrogen-bond acceptors (Lipinski definition) is 5. The molecule has 0 aliphatic heterocycles. The maximum atomic E-state index is 9.53. The summed E-state index contributed by atoms with van der Waals surface area (Å²) < 4.78 is 8.19. The van der Waals surface area contributed by atoms with Gasteiger partial charge in [0.1, 0.15) is 22.8 Å². The molecule has 4 aromatic rings. The Kier molecular flexibility index (Phi) is 13.3. The van der Waals surface area contributed by atoms with Gasteiger partial charge in [-0.05, 0) is 42.3 Å². The van der Waals surface area contributed by atoms with Crippen LogP contribution in [0.2, 0.25) is 0 Å². The van der Waals surface area contributed by atoms with Crippen LogP contribution in [-0.2, 0) is 27.5 Å². The molecule has 0 fully saturated rings. The Morgan fingerprint density at radius 1 is 0.848 bits per heavy atom. The molecule has 0 spiro atoms. The van der Waals surface area contributed by atoms with Crippen molar-refractivity contribution >= 4 is 17.0 Å². The van der Waals surface area contributed by atoms with E-state index < -0.39 is 0 Å². The number of aromatic nitrogens is 1. The van der Waals surface area contributed by atoms with Gasteiger partial charge in [-0.3, -0.25) is 4.98 Å². The van der Waals surface area contributed by atoms with Crippen LogP contribution in [0.3, 0.4) is 0 Å². The van der Waals surface area contributed by atoms with Gasteiger partial charge in [-0.25, -0.2) is 0 Å². The molecule has 0 saturated carbocycles. The first kappa shape index (κ1) is 27.4. The first-order valence-corrected chi connectivity index (χ1v) is 10.7. The Morgan fingerprint density at radius 3 is 2.06 bits per heavy atom. The van der Waals surface area contributed by atoms with Crippen molar-refractivity contribution in [3.63, 3.8) is 0 Å². The average Bonchev–Trinajstić information content (AvgIpc) is 2.86. The summed E-state index contributed by atoms with van der Waals surface area (Å²) in [5, 5.41) is 28.4. The Bertz CT molecular complexity index is 1140. The number of aromatic hydroxyl groups is 3. The number of benzene rings is 3. The number of phenols is 3. The van der Waals surface area contributed by atoms with Gasteiger partial charge in [0.05, 0.1) is 0 Å². The maximum absolute atomic E-state index is 9.53. The normalized spacial score (nSPS) is 9.45. The number of para-hydroxylation sites is 2. The number of hydrogen-bond donors (Lipinski definition) is 3. The molecule has 4 rings (SSSR count). The third-order valence-electron chi connectivity index (χ3n) is 4.32. The second kappa shape index (κ2) is 16.0. The number of fused-ring (bicyclic) bond motifs is 1. The van der Waals surface area contributed by atoms with Crippen LogP contribution in [0.15, 0.2) is 104 Å². The summed E-state index contributed by atoms with van der Waals surface area (Å²) in [6.07, 6.45) is 8.05. The first-order valence-electron chi connectivity index (χ1n) is 10.1. The second-order valence-corrected chi connectivity index (χ2v) is 6.48. The molecule has 33 heavy (non-hydrogen) atoms. The van der Waals surface area contributed by atoms with Gasteiger partial charge in [-0.15, -0.1) is 0 Å². The summed E-state index contributed by atoms with van der Waals surface area (Å²) in [5.74, 6) is 0.930. The van der Waals surface area contributed by atoms with Gasteiger partial charge in [0.25, 0.3) is 0 Å². The summed E-state index contributed by atoms with van der Waals surface area (Å²) in [6, 6.07) is 23.4. The molecule has 1 aromatic heterocycles. The molecule has 169 valence electrons. The molecular formula is C27H27NO4V. The molecule has 3 N–H and O–H groups in total. The van der Waals surface area contributed by atoms with E-state index in [4.69, 9.17) is 8.78 Å². The third kappa shape index (κ3) is 9.56. The van der Waals surface area contributed by atoms with E-state index in [1.807, 2.05) is 55.5 Å². The number of pyridine rings is 1. The molecule has 0 atom stereocenters. The van der Waals surface area contributed by atoms with E-state index in [0.717, 1.165) is 40.3 Å². The fraction of sp³-hybridized carbons (Fsp3) is 0.0741. The van der Waals surface area contributed by atoms with Gasteiger partial charge in [0.15, 0.2) is 0 Å². The first-order chi connectivity index (χ1) is 16.1. The molecule has 6 heteroatoms. The van der Waals surface area contributed by atoms with E-state index in [-0.39, 0.29) is 5.75 Å². The van der Waals surface area contributed by atoms with Crippen LogP contribution >= 0.6 is 0 Å². The summed E-state index contributed by atoms with van der Waals surface area (Å²) in [4.78, 5) is 4.03. The van der Waals surface area contributed by atoms with Gasteiger partial charge in [0.2, 0.25) is 0 Å². The molecule has 0 aliphatic carbocycles. The fourth-order valence-electron chi connectivity index (χ4n) is 2.82. The number of rotatable bonds is 3. The van der Waals surface area contributed by atoms with Crippen LogP contribution in [0.1, 0.15) is 18.1 Å². The van der Waals surface area contributed by atoms with E-state index in [9.17, 15) is 10.2 Å². The molecule has 0 radical (unpaired) electrons. The van der Waals surface area contributed by atoms with Gasteiger partial charge in [-0.1, -0.05) is 80.3 Å². The molecular weight excluding hydrogens is 453 g/mol. The number of allylic oxidation sites excluding steroid dienone is 2. The standard InChI is InChI=1S/C12H14O.C9H7NO.C6H6O.O.V/c1-3-5-7-10-8-6-9-12(13)11(10)4-2;11-8-5-1-3-7-4-2-6-10-9(7)8;7-6-4-2-1-3-5-6;;/h3,5-9,13H,1,4H2,2H3;1-6,11H;1-5,7H;;/b7-5-;;;;. The average molecular weight is 480 g/mol. The Labute approximate surface area is 203 Å². The Hall–Kier alpha value is -3.67. The SMILES string of the molecule is C=C/C=C\c1cccc(O)c1CC.Oc1cccc2cccnc12.Oc1ccccc1.[O]=[V]. The van der Waals surface area contributed by atoms with E-state index in [0.29, 0.717) is 17.0 Å². The van der Waals surface area contributed by atoms with E-state index in [2.05, 4.69) is 11.6 Å². The molecule has 0 aliphatic rings. The van der Waals surface area contributed by atoms with Crippen LogP contribution in [0.25, 0.3) is 17.0 Å². The van der Waals surface area contributed by atoms with Crippen LogP contribution < -0.4 is 0 Å². The minimum atomic E-state index is 0.239. The van der Waals surface area contributed by atoms with Gasteiger partial charge < -0.3 is 15.3 Å². The van der Waals surface area contributed by atoms with Crippen molar-refractivity contribution in [2.75, 3.05) is 0 Å². The molecule has 0 unspecified atom stereocenters. The zero-order valence-electron chi connectivity index (χ0n) is 18.4. The minimum absolute atomic E-state index is 0.239. The quantitative estimate of drug-likeness (QED) is 0.297. The van der Waals surface area contributed by atoms with E-state index in [1.54, 1.807) is 54.7 Å². The van der Waals surface area contributed by atoms with Crippen molar-refractivity contribution in [3.8, 4) is 17.2 Å². The summed E-state index contributed by atoms with van der Waals surface area (Å²) in [6.45, 7) is 5.63. The van der Waals surface area contributed by atoms with E-state index in [1.165, 1.54) is 0 Å². The fourth-order valence-corrected chi connectivity index (χ4v) is 2.82. The molecule has 1 heterocycles. The van der Waals surface area contributed by atoms with Gasteiger partial charge >= 0.3 is 21.0 Å². The van der Waals surface area contributed by atoms with Crippen LogP contribution in [-0.4, -0.2) is 20.3 Å². The molecule has 0 amide bonds. The summed E-state index contributed by atoms with van der Waals surface area (Å²) in [5.41, 5.74) is 2.71. The number of nitrogens with zero attached hydrogens (tertiary/aromatic N) is 1. The molecule has 5 nitrogen and oxygen atoms in total. The van der Waals surface area contributed by atoms with Gasteiger partial charge in [-0.2, -0.15) is 0 Å². The van der Waals surface area contributed by atoms with Crippen LogP contribution in [0.4, 0.5) is 0 Å². The topological polar surface area (TPSA) is 90.7 Å². The Balaban J connectivity index is 0.000000247. The summed E-state index contributed by atoms with van der Waals surface area (Å²) >= 11 is 1.06. The predicted molar refractivity (Wildman–Crippen MR) is 129 cm³/mol. The number of phenolic OH excluding ortho intramolecular Hbond substituents is 3. The monoisotopic (exact) mass is 480 g/mol. The zero-order chi connectivity index (χ0) is 24.5. The van der Waals surface area contributed by atoms with Crippen molar-refractivity contribution in [1.29, 1.82) is 0 Å². The van der Waals surface area contributed by atoms with Crippen molar-refractivity contribution in [2.24, 2.45) is 0 Å². The summed E-state index contributed by atoms with van der Waals surface area (Å²) in [7, 11) is 0. The van der Waals surface area contributed by atoms with E-state index >= 15 is 0 Å².